The largest absolute Gasteiger partial charge is 0.389 e. The molecular weight excluding hydrogens is 313 g/mol. The highest BCUT2D eigenvalue weighted by Gasteiger charge is 2.25. The van der Waals surface area contributed by atoms with Crippen LogP contribution in [0.4, 0.5) is 13.2 Å². The zero-order chi connectivity index (χ0) is 13.6. The molecule has 0 radical (unpaired) electrons. The third-order valence-corrected chi connectivity index (χ3v) is 2.62. The minimum absolute atomic E-state index is 0.0702. The molecule has 0 aliphatic heterocycles. The Bertz CT molecular complexity index is 405. The van der Waals surface area contributed by atoms with Crippen LogP contribution in [0.5, 0.6) is 0 Å². The fourth-order valence-corrected chi connectivity index (χ4v) is 1.68. The molecule has 0 aliphatic rings. The lowest BCUT2D eigenvalue weighted by atomic mass is 10.1. The van der Waals surface area contributed by atoms with Crippen LogP contribution < -0.4 is 0 Å². The van der Waals surface area contributed by atoms with Gasteiger partial charge >= 0.3 is 6.18 Å². The van der Waals surface area contributed by atoms with Gasteiger partial charge in [-0.3, -0.25) is 4.79 Å². The summed E-state index contributed by atoms with van der Waals surface area (Å²) in [6, 6.07) is 6.76. The number of ketones is 1. The molecular formula is C12H12BrF3O2. The van der Waals surface area contributed by atoms with E-state index < -0.39 is 12.6 Å². The third kappa shape index (κ3) is 6.16. The molecule has 0 saturated carbocycles. The van der Waals surface area contributed by atoms with Crippen LogP contribution in [-0.4, -0.2) is 25.2 Å². The van der Waals surface area contributed by atoms with Crippen molar-refractivity contribution in [3.05, 3.63) is 34.3 Å². The first-order valence-corrected chi connectivity index (χ1v) is 6.11. The Morgan fingerprint density at radius 1 is 1.33 bits per heavy atom. The fourth-order valence-electron chi connectivity index (χ4n) is 1.28. The zero-order valence-corrected chi connectivity index (χ0v) is 11.1. The maximum absolute atomic E-state index is 11.8. The van der Waals surface area contributed by atoms with E-state index in [1.807, 2.05) is 0 Å². The van der Waals surface area contributed by atoms with Crippen LogP contribution in [0.3, 0.4) is 0 Å². The van der Waals surface area contributed by atoms with Crippen molar-refractivity contribution in [2.45, 2.75) is 19.0 Å². The van der Waals surface area contributed by atoms with E-state index in [1.54, 1.807) is 24.3 Å². The minimum atomic E-state index is -4.17. The molecule has 1 rings (SSSR count). The van der Waals surface area contributed by atoms with Gasteiger partial charge in [-0.25, -0.2) is 0 Å². The summed E-state index contributed by atoms with van der Waals surface area (Å²) in [4.78, 5) is 11.6. The summed E-state index contributed by atoms with van der Waals surface area (Å²) in [5.41, 5.74) is 0.472. The summed E-state index contributed by atoms with van der Waals surface area (Å²) >= 11 is 3.23. The molecule has 0 amide bonds. The Hall–Kier alpha value is -0.880. The molecule has 0 unspecified atom stereocenters. The molecule has 18 heavy (non-hydrogen) atoms. The molecule has 0 bridgehead atoms. The van der Waals surface area contributed by atoms with Gasteiger partial charge in [0.05, 0.1) is 0 Å². The molecule has 0 aromatic heterocycles. The summed E-state index contributed by atoms with van der Waals surface area (Å²) < 4.78 is 41.2. The number of carbonyl (C=O) groups is 1. The molecule has 0 atom stereocenters. The molecule has 0 spiro atoms. The second-order valence-corrected chi connectivity index (χ2v) is 4.62. The SMILES string of the molecule is O=C(COCCCC(F)(F)F)c1cccc(Br)c1. The number of benzene rings is 1. The molecule has 0 heterocycles. The molecule has 100 valence electrons. The van der Waals surface area contributed by atoms with Crippen LogP contribution in [0.1, 0.15) is 23.2 Å². The highest BCUT2D eigenvalue weighted by Crippen LogP contribution is 2.21. The smallest absolute Gasteiger partial charge is 0.373 e. The van der Waals surface area contributed by atoms with Gasteiger partial charge in [0.1, 0.15) is 6.61 Å². The average molecular weight is 325 g/mol. The Morgan fingerprint density at radius 2 is 2.06 bits per heavy atom. The predicted molar refractivity (Wildman–Crippen MR) is 64.6 cm³/mol. The van der Waals surface area contributed by atoms with Crippen LogP contribution in [0.15, 0.2) is 28.7 Å². The van der Waals surface area contributed by atoms with E-state index in [9.17, 15) is 18.0 Å². The summed E-state index contributed by atoms with van der Waals surface area (Å²) in [5, 5.41) is 0. The van der Waals surface area contributed by atoms with E-state index in [-0.39, 0.29) is 25.4 Å². The Labute approximate surface area is 111 Å². The molecule has 0 aliphatic carbocycles. The highest BCUT2D eigenvalue weighted by atomic mass is 79.9. The molecule has 6 heteroatoms. The standard InChI is InChI=1S/C12H12BrF3O2/c13-10-4-1-3-9(7-10)11(17)8-18-6-2-5-12(14,15)16/h1,3-4,7H,2,5-6,8H2. The number of carbonyl (C=O) groups excluding carboxylic acids is 1. The van der Waals surface area contributed by atoms with Crippen molar-refractivity contribution in [2.24, 2.45) is 0 Å². The molecule has 1 aromatic carbocycles. The van der Waals surface area contributed by atoms with Crippen molar-refractivity contribution in [1.29, 1.82) is 0 Å². The number of halogens is 4. The lowest BCUT2D eigenvalue weighted by molar-refractivity contribution is -0.137. The first-order valence-electron chi connectivity index (χ1n) is 5.32. The maximum atomic E-state index is 11.8. The van der Waals surface area contributed by atoms with Crippen molar-refractivity contribution >= 4 is 21.7 Å². The van der Waals surface area contributed by atoms with Crippen LogP contribution >= 0.6 is 15.9 Å². The average Bonchev–Trinajstić information content (AvgIpc) is 2.26. The van der Waals surface area contributed by atoms with Gasteiger partial charge in [-0.05, 0) is 18.6 Å². The van der Waals surface area contributed by atoms with Crippen molar-refractivity contribution in [3.63, 3.8) is 0 Å². The van der Waals surface area contributed by atoms with Gasteiger partial charge in [-0.2, -0.15) is 13.2 Å². The minimum Gasteiger partial charge on any atom is -0.373 e. The van der Waals surface area contributed by atoms with Gasteiger partial charge in [0.25, 0.3) is 0 Å². The molecule has 2 nitrogen and oxygen atoms in total. The van der Waals surface area contributed by atoms with E-state index in [0.29, 0.717) is 5.56 Å². The normalized spacial score (nSPS) is 11.6. The quantitative estimate of drug-likeness (QED) is 0.584. The first kappa shape index (κ1) is 15.2. The van der Waals surface area contributed by atoms with E-state index in [1.165, 1.54) is 0 Å². The first-order chi connectivity index (χ1) is 8.38. The predicted octanol–water partition coefficient (Wildman–Crippen LogP) is 3.99. The van der Waals surface area contributed by atoms with Gasteiger partial charge in [0.15, 0.2) is 5.78 Å². The fraction of sp³-hybridized carbons (Fsp3) is 0.417. The van der Waals surface area contributed by atoms with E-state index in [4.69, 9.17) is 4.74 Å². The monoisotopic (exact) mass is 324 g/mol. The van der Waals surface area contributed by atoms with Gasteiger partial charge in [-0.1, -0.05) is 28.1 Å². The summed E-state index contributed by atoms with van der Waals surface area (Å²) in [6.07, 6.45) is -5.19. The van der Waals surface area contributed by atoms with Crippen LogP contribution in [0.25, 0.3) is 0 Å². The number of rotatable bonds is 6. The van der Waals surface area contributed by atoms with Crippen molar-refractivity contribution < 1.29 is 22.7 Å². The lowest BCUT2D eigenvalue weighted by Gasteiger charge is -2.06. The van der Waals surface area contributed by atoms with Gasteiger partial charge in [-0.15, -0.1) is 0 Å². The van der Waals surface area contributed by atoms with E-state index in [2.05, 4.69) is 15.9 Å². The van der Waals surface area contributed by atoms with Crippen LogP contribution in [-0.2, 0) is 4.74 Å². The molecule has 0 N–H and O–H groups in total. The van der Waals surface area contributed by atoms with E-state index in [0.717, 1.165) is 4.47 Å². The second kappa shape index (κ2) is 6.89. The summed E-state index contributed by atoms with van der Waals surface area (Å²) in [5.74, 6) is -0.247. The molecule has 0 fully saturated rings. The van der Waals surface area contributed by atoms with Crippen LogP contribution in [0.2, 0.25) is 0 Å². The second-order valence-electron chi connectivity index (χ2n) is 3.70. The van der Waals surface area contributed by atoms with Gasteiger partial charge in [0.2, 0.25) is 0 Å². The van der Waals surface area contributed by atoms with Crippen LogP contribution in [0, 0.1) is 0 Å². The van der Waals surface area contributed by atoms with Crippen molar-refractivity contribution in [1.82, 2.24) is 0 Å². The van der Waals surface area contributed by atoms with Gasteiger partial charge < -0.3 is 4.74 Å². The number of alkyl halides is 3. The Kier molecular flexibility index (Phi) is 5.81. The lowest BCUT2D eigenvalue weighted by Crippen LogP contribution is -2.12. The Balaban J connectivity index is 2.26. The number of hydrogen-bond acceptors (Lipinski definition) is 2. The maximum Gasteiger partial charge on any atom is 0.389 e. The van der Waals surface area contributed by atoms with Gasteiger partial charge in [0, 0.05) is 23.1 Å². The molecule has 0 saturated heterocycles. The number of hydrogen-bond donors (Lipinski definition) is 0. The number of ether oxygens (including phenoxy) is 1. The van der Waals surface area contributed by atoms with Crippen molar-refractivity contribution in [3.8, 4) is 0 Å². The Morgan fingerprint density at radius 3 is 2.67 bits per heavy atom. The van der Waals surface area contributed by atoms with Crippen molar-refractivity contribution in [2.75, 3.05) is 13.2 Å². The van der Waals surface area contributed by atoms with E-state index >= 15 is 0 Å². The highest BCUT2D eigenvalue weighted by molar-refractivity contribution is 9.10. The third-order valence-electron chi connectivity index (χ3n) is 2.13. The summed E-state index contributed by atoms with van der Waals surface area (Å²) in [6.45, 7) is -0.270. The topological polar surface area (TPSA) is 26.3 Å². The molecule has 1 aromatic rings. The number of Topliss-reactive ketones (excluding diaryl/α,β-unsaturated/α-hetero) is 1. The summed E-state index contributed by atoms with van der Waals surface area (Å²) in [7, 11) is 0. The zero-order valence-electron chi connectivity index (χ0n) is 9.47.